The number of oxime groups is 1. The lowest BCUT2D eigenvalue weighted by Gasteiger charge is -2.16. The van der Waals surface area contributed by atoms with E-state index in [2.05, 4.69) is 5.16 Å². The molecule has 3 unspecified atom stereocenters. The van der Waals surface area contributed by atoms with Crippen molar-refractivity contribution < 1.29 is 19.2 Å². The molecule has 6 nitrogen and oxygen atoms in total. The number of esters is 1. The highest BCUT2D eigenvalue weighted by Gasteiger charge is 2.67. The molecule has 1 saturated heterocycles. The molecule has 3 atom stereocenters. The number of methoxy groups -OCH3 is 1. The van der Waals surface area contributed by atoms with E-state index in [1.165, 1.54) is 14.2 Å². The standard InChI is InChI=1S/C15H20N2O4/c1-10-8-6-7-9-13(10)15(14(18)19-4)17(21-15)12(3)11(2)16-20-5/h6-9,12H,1-5H3. The number of hydroxylamine groups is 2. The Morgan fingerprint density at radius 2 is 2.05 bits per heavy atom. The van der Waals surface area contributed by atoms with E-state index in [9.17, 15) is 4.79 Å². The second-order valence-electron chi connectivity index (χ2n) is 4.96. The first kappa shape index (κ1) is 15.5. The van der Waals surface area contributed by atoms with Crippen molar-refractivity contribution in [2.75, 3.05) is 14.2 Å². The van der Waals surface area contributed by atoms with Gasteiger partial charge in [0.05, 0.1) is 18.9 Å². The lowest BCUT2D eigenvalue weighted by atomic mass is 9.98. The third kappa shape index (κ3) is 2.52. The number of hydrogen-bond acceptors (Lipinski definition) is 6. The van der Waals surface area contributed by atoms with Crippen molar-refractivity contribution in [3.63, 3.8) is 0 Å². The molecule has 0 radical (unpaired) electrons. The predicted octanol–water partition coefficient (Wildman–Crippen LogP) is 1.98. The monoisotopic (exact) mass is 292 g/mol. The highest BCUT2D eigenvalue weighted by Crippen LogP contribution is 2.48. The molecule has 0 spiro atoms. The van der Waals surface area contributed by atoms with Gasteiger partial charge in [0.25, 0.3) is 5.72 Å². The fourth-order valence-electron chi connectivity index (χ4n) is 2.36. The highest BCUT2D eigenvalue weighted by molar-refractivity contribution is 5.89. The van der Waals surface area contributed by atoms with Crippen molar-refractivity contribution in [3.05, 3.63) is 35.4 Å². The molecule has 2 rings (SSSR count). The van der Waals surface area contributed by atoms with Crippen molar-refractivity contribution in [3.8, 4) is 0 Å². The fourth-order valence-corrected chi connectivity index (χ4v) is 2.36. The van der Waals surface area contributed by atoms with E-state index in [-0.39, 0.29) is 6.04 Å². The van der Waals surface area contributed by atoms with Crippen LogP contribution in [0.25, 0.3) is 0 Å². The summed E-state index contributed by atoms with van der Waals surface area (Å²) >= 11 is 0. The molecule has 6 heteroatoms. The first-order valence-electron chi connectivity index (χ1n) is 6.69. The van der Waals surface area contributed by atoms with E-state index in [1.807, 2.05) is 45.0 Å². The molecule has 1 heterocycles. The number of hydrogen-bond donors (Lipinski definition) is 0. The lowest BCUT2D eigenvalue weighted by molar-refractivity contribution is -0.147. The van der Waals surface area contributed by atoms with Gasteiger partial charge in [-0.15, -0.1) is 5.06 Å². The van der Waals surface area contributed by atoms with Gasteiger partial charge in [0.15, 0.2) is 0 Å². The predicted molar refractivity (Wildman–Crippen MR) is 77.4 cm³/mol. The average Bonchev–Trinajstić information content (AvgIpc) is 3.23. The van der Waals surface area contributed by atoms with E-state index in [0.717, 1.165) is 11.1 Å². The molecule has 114 valence electrons. The lowest BCUT2D eigenvalue weighted by Crippen LogP contribution is -2.35. The Morgan fingerprint density at radius 3 is 2.62 bits per heavy atom. The van der Waals surface area contributed by atoms with E-state index in [0.29, 0.717) is 5.71 Å². The van der Waals surface area contributed by atoms with Gasteiger partial charge in [-0.05, 0) is 26.3 Å². The van der Waals surface area contributed by atoms with Gasteiger partial charge >= 0.3 is 5.97 Å². The topological polar surface area (TPSA) is 63.4 Å². The molecule has 21 heavy (non-hydrogen) atoms. The quantitative estimate of drug-likeness (QED) is 0.359. The van der Waals surface area contributed by atoms with Crippen molar-refractivity contribution >= 4 is 11.7 Å². The van der Waals surface area contributed by atoms with E-state index in [1.54, 1.807) is 5.06 Å². The Kier molecular flexibility index (Phi) is 4.29. The second kappa shape index (κ2) is 5.83. The molecule has 0 amide bonds. The van der Waals surface area contributed by atoms with Crippen LogP contribution in [0.5, 0.6) is 0 Å². The summed E-state index contributed by atoms with van der Waals surface area (Å²) in [5, 5.41) is 5.48. The van der Waals surface area contributed by atoms with Crippen LogP contribution in [-0.2, 0) is 24.9 Å². The van der Waals surface area contributed by atoms with Crippen molar-refractivity contribution in [1.29, 1.82) is 0 Å². The minimum atomic E-state index is -1.20. The fraction of sp³-hybridized carbons (Fsp3) is 0.467. The van der Waals surface area contributed by atoms with Crippen LogP contribution in [0.15, 0.2) is 29.4 Å². The van der Waals surface area contributed by atoms with Gasteiger partial charge < -0.3 is 9.57 Å². The summed E-state index contributed by atoms with van der Waals surface area (Å²) < 4.78 is 4.93. The van der Waals surface area contributed by atoms with Crippen molar-refractivity contribution in [2.24, 2.45) is 5.16 Å². The Bertz CT molecular complexity index is 573. The van der Waals surface area contributed by atoms with Crippen LogP contribution in [0.3, 0.4) is 0 Å². The summed E-state index contributed by atoms with van der Waals surface area (Å²) in [7, 11) is 2.83. The maximum Gasteiger partial charge on any atom is 0.362 e. The summed E-state index contributed by atoms with van der Waals surface area (Å²) in [4.78, 5) is 22.7. The normalized spacial score (nSPS) is 26.1. The van der Waals surface area contributed by atoms with Crippen LogP contribution in [0.2, 0.25) is 0 Å². The number of carbonyl (C=O) groups excluding carboxylic acids is 1. The number of benzene rings is 1. The number of ether oxygens (including phenoxy) is 1. The van der Waals surface area contributed by atoms with E-state index >= 15 is 0 Å². The number of carbonyl (C=O) groups is 1. The molecule has 1 aliphatic heterocycles. The first-order valence-corrected chi connectivity index (χ1v) is 6.69. The van der Waals surface area contributed by atoms with Crippen LogP contribution in [0, 0.1) is 6.92 Å². The summed E-state index contributed by atoms with van der Waals surface area (Å²) in [6, 6.07) is 7.36. The van der Waals surface area contributed by atoms with E-state index in [4.69, 9.17) is 14.4 Å². The molecule has 1 aliphatic rings. The number of aryl methyl sites for hydroxylation is 1. The molecule has 0 aromatic heterocycles. The minimum Gasteiger partial charge on any atom is -0.465 e. The third-order valence-corrected chi connectivity index (χ3v) is 3.67. The van der Waals surface area contributed by atoms with Gasteiger partial charge in [-0.2, -0.15) is 0 Å². The molecule has 1 aromatic rings. The highest BCUT2D eigenvalue weighted by atomic mass is 16.9. The maximum absolute atomic E-state index is 12.3. The Hall–Kier alpha value is -1.92. The Labute approximate surface area is 124 Å². The molecule has 0 aliphatic carbocycles. The molecule has 0 bridgehead atoms. The van der Waals surface area contributed by atoms with E-state index < -0.39 is 11.7 Å². The summed E-state index contributed by atoms with van der Waals surface area (Å²) in [6.07, 6.45) is 0. The van der Waals surface area contributed by atoms with Crippen molar-refractivity contribution in [1.82, 2.24) is 5.06 Å². The van der Waals surface area contributed by atoms with Gasteiger partial charge in [0.1, 0.15) is 7.11 Å². The Morgan fingerprint density at radius 1 is 1.38 bits per heavy atom. The smallest absolute Gasteiger partial charge is 0.362 e. The zero-order valence-electron chi connectivity index (χ0n) is 12.9. The largest absolute Gasteiger partial charge is 0.465 e. The zero-order valence-corrected chi connectivity index (χ0v) is 12.9. The molecular formula is C15H20N2O4. The van der Waals surface area contributed by atoms with Gasteiger partial charge in [0, 0.05) is 5.56 Å². The molecular weight excluding hydrogens is 272 g/mol. The second-order valence-corrected chi connectivity index (χ2v) is 4.96. The molecule has 1 aromatic carbocycles. The summed E-state index contributed by atoms with van der Waals surface area (Å²) in [5.41, 5.74) is 1.23. The van der Waals surface area contributed by atoms with Crippen molar-refractivity contribution in [2.45, 2.75) is 32.5 Å². The summed E-state index contributed by atoms with van der Waals surface area (Å²) in [6.45, 7) is 5.64. The van der Waals surface area contributed by atoms with Gasteiger partial charge in [-0.3, -0.25) is 4.84 Å². The zero-order chi connectivity index (χ0) is 15.6. The van der Waals surface area contributed by atoms with Crippen LogP contribution in [-0.4, -0.2) is 37.0 Å². The van der Waals surface area contributed by atoms with Gasteiger partial charge in [0.2, 0.25) is 0 Å². The Balaban J connectivity index is 2.38. The van der Waals surface area contributed by atoms with Crippen LogP contribution < -0.4 is 0 Å². The summed E-state index contributed by atoms with van der Waals surface area (Å²) in [5.74, 6) is -0.450. The molecule has 0 saturated carbocycles. The van der Waals surface area contributed by atoms with Crippen LogP contribution >= 0.6 is 0 Å². The average molecular weight is 292 g/mol. The molecule has 1 fully saturated rings. The maximum atomic E-state index is 12.3. The molecule has 0 N–H and O–H groups in total. The third-order valence-electron chi connectivity index (χ3n) is 3.67. The minimum absolute atomic E-state index is 0.219. The number of nitrogens with zero attached hydrogens (tertiary/aromatic N) is 2. The number of rotatable bonds is 5. The van der Waals surface area contributed by atoms with Crippen LogP contribution in [0.4, 0.5) is 0 Å². The SMILES string of the molecule is CON=C(C)C(C)N1OC1(C(=O)OC)c1ccccc1C. The first-order chi connectivity index (χ1) is 9.98. The van der Waals surface area contributed by atoms with Crippen LogP contribution in [0.1, 0.15) is 25.0 Å². The van der Waals surface area contributed by atoms with Gasteiger partial charge in [-0.25, -0.2) is 4.79 Å². The van der Waals surface area contributed by atoms with Gasteiger partial charge in [-0.1, -0.05) is 29.4 Å².